The molecular formula is C8H7N3OS. The third-order valence-electron chi connectivity index (χ3n) is 1.55. The summed E-state index contributed by atoms with van der Waals surface area (Å²) in [6.07, 6.45) is 0. The summed E-state index contributed by atoms with van der Waals surface area (Å²) < 4.78 is 0. The molecule has 0 aromatic carbocycles. The quantitative estimate of drug-likeness (QED) is 0.740. The maximum Gasteiger partial charge on any atom is 0.251 e. The SMILES string of the molecule is Cc1nc(-c2cscn2)cc(=O)[nH]1. The van der Waals surface area contributed by atoms with Crippen LogP contribution in [0.3, 0.4) is 0 Å². The molecule has 2 rings (SSSR count). The molecule has 0 spiro atoms. The average molecular weight is 193 g/mol. The van der Waals surface area contributed by atoms with Gasteiger partial charge in [-0.15, -0.1) is 11.3 Å². The molecule has 0 atom stereocenters. The average Bonchev–Trinajstić information content (AvgIpc) is 2.53. The summed E-state index contributed by atoms with van der Waals surface area (Å²) in [5.41, 5.74) is 2.95. The van der Waals surface area contributed by atoms with Crippen molar-refractivity contribution < 1.29 is 0 Å². The van der Waals surface area contributed by atoms with Crippen LogP contribution in [-0.2, 0) is 0 Å². The molecular weight excluding hydrogens is 186 g/mol. The Morgan fingerprint density at radius 2 is 2.31 bits per heavy atom. The Morgan fingerprint density at radius 1 is 1.46 bits per heavy atom. The van der Waals surface area contributed by atoms with Crippen LogP contribution in [-0.4, -0.2) is 15.0 Å². The van der Waals surface area contributed by atoms with E-state index in [4.69, 9.17) is 0 Å². The van der Waals surface area contributed by atoms with Gasteiger partial charge in [-0.25, -0.2) is 9.97 Å². The second kappa shape index (κ2) is 3.10. The van der Waals surface area contributed by atoms with Crippen LogP contribution in [0, 0.1) is 6.92 Å². The van der Waals surface area contributed by atoms with Crippen LogP contribution >= 0.6 is 11.3 Å². The molecule has 0 radical (unpaired) electrons. The molecule has 2 aromatic heterocycles. The Labute approximate surface area is 78.3 Å². The van der Waals surface area contributed by atoms with Crippen LogP contribution in [0.15, 0.2) is 21.8 Å². The van der Waals surface area contributed by atoms with Crippen molar-refractivity contribution in [1.29, 1.82) is 0 Å². The molecule has 0 aliphatic rings. The molecule has 66 valence electrons. The van der Waals surface area contributed by atoms with Gasteiger partial charge in [0.15, 0.2) is 0 Å². The van der Waals surface area contributed by atoms with E-state index >= 15 is 0 Å². The third-order valence-corrected chi connectivity index (χ3v) is 2.14. The molecule has 0 unspecified atom stereocenters. The minimum atomic E-state index is -0.143. The predicted molar refractivity (Wildman–Crippen MR) is 50.7 cm³/mol. The molecule has 5 heteroatoms. The first-order valence-corrected chi connectivity index (χ1v) is 4.66. The van der Waals surface area contributed by atoms with Gasteiger partial charge in [-0.05, 0) is 6.92 Å². The number of thiazole rings is 1. The molecule has 0 saturated carbocycles. The number of aryl methyl sites for hydroxylation is 1. The zero-order valence-electron chi connectivity index (χ0n) is 6.94. The maximum atomic E-state index is 11.1. The highest BCUT2D eigenvalue weighted by molar-refractivity contribution is 7.07. The van der Waals surface area contributed by atoms with Crippen molar-refractivity contribution in [2.45, 2.75) is 6.92 Å². The van der Waals surface area contributed by atoms with E-state index in [0.717, 1.165) is 5.69 Å². The number of hydrogen-bond acceptors (Lipinski definition) is 4. The van der Waals surface area contributed by atoms with Crippen molar-refractivity contribution in [2.24, 2.45) is 0 Å². The van der Waals surface area contributed by atoms with Crippen LogP contribution < -0.4 is 5.56 Å². The van der Waals surface area contributed by atoms with Gasteiger partial charge in [0.1, 0.15) is 5.82 Å². The molecule has 2 aromatic rings. The number of aromatic nitrogens is 3. The number of hydrogen-bond donors (Lipinski definition) is 1. The van der Waals surface area contributed by atoms with Crippen LogP contribution in [0.5, 0.6) is 0 Å². The summed E-state index contributed by atoms with van der Waals surface area (Å²) in [4.78, 5) is 21.9. The molecule has 0 aliphatic heterocycles. The van der Waals surface area contributed by atoms with Gasteiger partial charge >= 0.3 is 0 Å². The van der Waals surface area contributed by atoms with E-state index in [1.54, 1.807) is 12.4 Å². The number of H-pyrrole nitrogens is 1. The van der Waals surface area contributed by atoms with Crippen molar-refractivity contribution in [3.8, 4) is 11.4 Å². The monoisotopic (exact) mass is 193 g/mol. The lowest BCUT2D eigenvalue weighted by Crippen LogP contribution is -2.08. The number of rotatable bonds is 1. The Balaban J connectivity index is 2.59. The lowest BCUT2D eigenvalue weighted by Gasteiger charge is -1.95. The molecule has 1 N–H and O–H groups in total. The zero-order chi connectivity index (χ0) is 9.26. The van der Waals surface area contributed by atoms with Crippen LogP contribution in [0.4, 0.5) is 0 Å². The van der Waals surface area contributed by atoms with Crippen molar-refractivity contribution in [3.63, 3.8) is 0 Å². The van der Waals surface area contributed by atoms with E-state index in [0.29, 0.717) is 11.5 Å². The molecule has 13 heavy (non-hydrogen) atoms. The second-order valence-electron chi connectivity index (χ2n) is 2.59. The first-order chi connectivity index (χ1) is 6.25. The van der Waals surface area contributed by atoms with Crippen molar-refractivity contribution in [1.82, 2.24) is 15.0 Å². The Morgan fingerprint density at radius 3 is 2.92 bits per heavy atom. The Bertz CT molecular complexity index is 460. The lowest BCUT2D eigenvalue weighted by atomic mass is 10.3. The van der Waals surface area contributed by atoms with Crippen LogP contribution in [0.1, 0.15) is 5.82 Å². The fraction of sp³-hybridized carbons (Fsp3) is 0.125. The van der Waals surface area contributed by atoms with Crippen LogP contribution in [0.2, 0.25) is 0 Å². The Kier molecular flexibility index (Phi) is 1.94. The summed E-state index contributed by atoms with van der Waals surface area (Å²) in [5, 5.41) is 1.86. The summed E-state index contributed by atoms with van der Waals surface area (Å²) in [7, 11) is 0. The third kappa shape index (κ3) is 1.65. The molecule has 0 fully saturated rings. The smallest absolute Gasteiger partial charge is 0.251 e. The van der Waals surface area contributed by atoms with Gasteiger partial charge in [-0.3, -0.25) is 4.79 Å². The summed E-state index contributed by atoms with van der Waals surface area (Å²) in [5.74, 6) is 0.607. The molecule has 0 amide bonds. The largest absolute Gasteiger partial charge is 0.311 e. The molecule has 0 bridgehead atoms. The van der Waals surface area contributed by atoms with Gasteiger partial charge < -0.3 is 4.98 Å². The van der Waals surface area contributed by atoms with Crippen LogP contribution in [0.25, 0.3) is 11.4 Å². The highest BCUT2D eigenvalue weighted by atomic mass is 32.1. The van der Waals surface area contributed by atoms with Gasteiger partial charge in [0.25, 0.3) is 5.56 Å². The lowest BCUT2D eigenvalue weighted by molar-refractivity contribution is 1.02. The Hall–Kier alpha value is -1.49. The van der Waals surface area contributed by atoms with E-state index in [1.165, 1.54) is 17.4 Å². The van der Waals surface area contributed by atoms with Crippen molar-refractivity contribution in [2.75, 3.05) is 0 Å². The normalized spacial score (nSPS) is 10.2. The standard InChI is InChI=1S/C8H7N3OS/c1-5-10-6(2-8(12)11-5)7-3-13-4-9-7/h2-4H,1H3,(H,10,11,12). The number of nitrogens with zero attached hydrogens (tertiary/aromatic N) is 2. The first-order valence-electron chi connectivity index (χ1n) is 3.72. The van der Waals surface area contributed by atoms with Gasteiger partial charge in [0.2, 0.25) is 0 Å². The van der Waals surface area contributed by atoms with Gasteiger partial charge in [-0.2, -0.15) is 0 Å². The zero-order valence-corrected chi connectivity index (χ0v) is 7.76. The van der Waals surface area contributed by atoms with E-state index in [1.807, 2.05) is 5.38 Å². The second-order valence-corrected chi connectivity index (χ2v) is 3.31. The highest BCUT2D eigenvalue weighted by Gasteiger charge is 2.02. The molecule has 2 heterocycles. The fourth-order valence-electron chi connectivity index (χ4n) is 1.05. The van der Waals surface area contributed by atoms with E-state index in [9.17, 15) is 4.79 Å². The van der Waals surface area contributed by atoms with E-state index in [-0.39, 0.29) is 5.56 Å². The topological polar surface area (TPSA) is 58.6 Å². The fourth-order valence-corrected chi connectivity index (χ4v) is 1.60. The van der Waals surface area contributed by atoms with E-state index < -0.39 is 0 Å². The highest BCUT2D eigenvalue weighted by Crippen LogP contribution is 2.14. The first kappa shape index (κ1) is 8.12. The minimum absolute atomic E-state index is 0.143. The number of nitrogens with one attached hydrogen (secondary N) is 1. The van der Waals surface area contributed by atoms with Gasteiger partial charge in [-0.1, -0.05) is 0 Å². The number of aromatic amines is 1. The van der Waals surface area contributed by atoms with Gasteiger partial charge in [0.05, 0.1) is 16.9 Å². The minimum Gasteiger partial charge on any atom is -0.311 e. The van der Waals surface area contributed by atoms with Crippen molar-refractivity contribution in [3.05, 3.63) is 33.1 Å². The summed E-state index contributed by atoms with van der Waals surface area (Å²) in [6.45, 7) is 1.75. The van der Waals surface area contributed by atoms with E-state index in [2.05, 4.69) is 15.0 Å². The summed E-state index contributed by atoms with van der Waals surface area (Å²) in [6, 6.07) is 1.45. The molecule has 0 saturated heterocycles. The summed E-state index contributed by atoms with van der Waals surface area (Å²) >= 11 is 1.48. The molecule has 4 nitrogen and oxygen atoms in total. The van der Waals surface area contributed by atoms with Gasteiger partial charge in [0, 0.05) is 11.4 Å². The molecule has 0 aliphatic carbocycles. The van der Waals surface area contributed by atoms with Crippen molar-refractivity contribution >= 4 is 11.3 Å². The maximum absolute atomic E-state index is 11.1. The predicted octanol–water partition coefficient (Wildman–Crippen LogP) is 1.20.